The topological polar surface area (TPSA) is 111 Å². The Kier molecular flexibility index (Phi) is 4.62. The third-order valence-corrected chi connectivity index (χ3v) is 4.50. The first-order chi connectivity index (χ1) is 12.1. The van der Waals surface area contributed by atoms with Crippen LogP contribution in [0.4, 0.5) is 0 Å². The first-order valence-corrected chi connectivity index (χ1v) is 7.99. The van der Waals surface area contributed by atoms with E-state index in [0.717, 1.165) is 13.0 Å². The Labute approximate surface area is 145 Å². The van der Waals surface area contributed by atoms with Crippen LogP contribution in [0.2, 0.25) is 0 Å². The van der Waals surface area contributed by atoms with Crippen molar-refractivity contribution in [3.05, 3.63) is 42.0 Å². The van der Waals surface area contributed by atoms with Crippen LogP contribution in [-0.2, 0) is 0 Å². The van der Waals surface area contributed by atoms with Gasteiger partial charge in [0.1, 0.15) is 6.33 Å². The summed E-state index contributed by atoms with van der Waals surface area (Å²) >= 11 is 0. The van der Waals surface area contributed by atoms with Crippen molar-refractivity contribution in [2.24, 2.45) is 5.92 Å². The van der Waals surface area contributed by atoms with E-state index in [1.807, 2.05) is 6.92 Å². The minimum absolute atomic E-state index is 0.0742. The average molecular weight is 335 g/mol. The summed E-state index contributed by atoms with van der Waals surface area (Å²) in [5, 5.41) is 25.0. The number of benzene rings is 1. The molecule has 1 saturated heterocycles. The Balaban J connectivity index is 1.63. The number of nitriles is 2. The highest BCUT2D eigenvalue weighted by molar-refractivity contribution is 5.90. The van der Waals surface area contributed by atoms with Crippen LogP contribution in [0, 0.1) is 28.7 Å². The molecule has 0 spiro atoms. The molecule has 0 saturated carbocycles. The number of nitrogens with zero attached hydrogens (tertiary/aromatic N) is 6. The Morgan fingerprint density at radius 3 is 3.00 bits per heavy atom. The van der Waals surface area contributed by atoms with E-state index in [4.69, 9.17) is 10.5 Å². The number of carbonyl (C=O) groups excluding carboxylic acids is 1. The molecule has 0 radical (unpaired) electrons. The monoisotopic (exact) mass is 335 g/mol. The fourth-order valence-corrected chi connectivity index (χ4v) is 2.93. The van der Waals surface area contributed by atoms with Crippen molar-refractivity contribution < 1.29 is 4.79 Å². The number of hydrogen-bond donors (Lipinski definition) is 1. The lowest BCUT2D eigenvalue weighted by Gasteiger charge is -2.19. The molecule has 2 aromatic rings. The van der Waals surface area contributed by atoms with E-state index in [1.165, 1.54) is 11.0 Å². The Hall–Kier alpha value is -3.39. The van der Waals surface area contributed by atoms with Crippen LogP contribution in [0.25, 0.3) is 5.69 Å². The smallest absolute Gasteiger partial charge is 0.290 e. The van der Waals surface area contributed by atoms with Gasteiger partial charge in [0.2, 0.25) is 5.82 Å². The molecule has 1 N–H and O–H groups in total. The molecule has 2 atom stereocenters. The van der Waals surface area contributed by atoms with Crippen LogP contribution >= 0.6 is 0 Å². The van der Waals surface area contributed by atoms with Gasteiger partial charge in [0, 0.05) is 19.1 Å². The molecule has 0 aliphatic carbocycles. The summed E-state index contributed by atoms with van der Waals surface area (Å²) in [5.41, 5.74) is 1.18. The molecule has 0 bridgehead atoms. The Morgan fingerprint density at radius 1 is 1.44 bits per heavy atom. The Morgan fingerprint density at radius 2 is 2.28 bits per heavy atom. The maximum absolute atomic E-state index is 12.2. The summed E-state index contributed by atoms with van der Waals surface area (Å²) < 4.78 is 1.46. The van der Waals surface area contributed by atoms with E-state index >= 15 is 0 Å². The second-order valence-electron chi connectivity index (χ2n) is 5.97. The van der Waals surface area contributed by atoms with Gasteiger partial charge < -0.3 is 10.2 Å². The predicted octanol–water partition coefficient (Wildman–Crippen LogP) is 1.06. The van der Waals surface area contributed by atoms with Crippen molar-refractivity contribution in [1.29, 1.82) is 10.5 Å². The zero-order valence-electron chi connectivity index (χ0n) is 13.8. The van der Waals surface area contributed by atoms with Gasteiger partial charge in [-0.15, -0.1) is 5.10 Å². The largest absolute Gasteiger partial charge is 0.349 e. The summed E-state index contributed by atoms with van der Waals surface area (Å²) in [6.07, 6.45) is 4.48. The van der Waals surface area contributed by atoms with Crippen molar-refractivity contribution in [2.75, 3.05) is 13.1 Å². The number of hydrogen-bond acceptors (Lipinski definition) is 6. The summed E-state index contributed by atoms with van der Waals surface area (Å²) in [7, 11) is 0. The normalized spacial score (nSPS) is 19.2. The maximum Gasteiger partial charge on any atom is 0.290 e. The van der Waals surface area contributed by atoms with Gasteiger partial charge >= 0.3 is 0 Å². The highest BCUT2D eigenvalue weighted by Crippen LogP contribution is 2.22. The molecule has 1 aromatic heterocycles. The maximum atomic E-state index is 12.2. The van der Waals surface area contributed by atoms with Crippen molar-refractivity contribution in [2.45, 2.75) is 19.4 Å². The zero-order valence-corrected chi connectivity index (χ0v) is 13.8. The van der Waals surface area contributed by atoms with Gasteiger partial charge in [-0.1, -0.05) is 6.07 Å². The van der Waals surface area contributed by atoms with E-state index in [0.29, 0.717) is 17.8 Å². The van der Waals surface area contributed by atoms with Gasteiger partial charge in [0.25, 0.3) is 5.91 Å². The molecule has 2 heterocycles. The lowest BCUT2D eigenvalue weighted by atomic mass is 10.0. The molecule has 1 amide bonds. The standard InChI is InChI=1S/C17H17N7O/c1-12-14(5-6-23(12)10-19)9-20-17(25)16-21-11-24(22-16)15-4-2-3-13(7-15)8-18/h2-4,7,11-12,14H,5-6,9H2,1H3,(H,20,25)/t12-,14+/m0/s1. The first kappa shape index (κ1) is 16.5. The van der Waals surface area contributed by atoms with Crippen LogP contribution in [0.5, 0.6) is 0 Å². The first-order valence-electron chi connectivity index (χ1n) is 7.99. The van der Waals surface area contributed by atoms with Crippen LogP contribution in [-0.4, -0.2) is 44.7 Å². The minimum Gasteiger partial charge on any atom is -0.349 e. The molecule has 8 heteroatoms. The lowest BCUT2D eigenvalue weighted by Crippen LogP contribution is -2.35. The van der Waals surface area contributed by atoms with Gasteiger partial charge in [-0.05, 0) is 37.5 Å². The number of likely N-dealkylation sites (tertiary alicyclic amines) is 1. The lowest BCUT2D eigenvalue weighted by molar-refractivity contribution is 0.0935. The van der Waals surface area contributed by atoms with Crippen molar-refractivity contribution in [3.8, 4) is 17.9 Å². The van der Waals surface area contributed by atoms with E-state index in [9.17, 15) is 4.79 Å². The summed E-state index contributed by atoms with van der Waals surface area (Å²) in [5.74, 6) is -0.0408. The molecule has 8 nitrogen and oxygen atoms in total. The van der Waals surface area contributed by atoms with Crippen LogP contribution in [0.1, 0.15) is 29.5 Å². The minimum atomic E-state index is -0.349. The van der Waals surface area contributed by atoms with E-state index in [1.54, 1.807) is 29.2 Å². The zero-order chi connectivity index (χ0) is 17.8. The molecule has 1 aliphatic heterocycles. The molecule has 3 rings (SSSR count). The van der Waals surface area contributed by atoms with E-state index in [2.05, 4.69) is 27.7 Å². The van der Waals surface area contributed by atoms with Crippen LogP contribution in [0.15, 0.2) is 30.6 Å². The quantitative estimate of drug-likeness (QED) is 0.836. The van der Waals surface area contributed by atoms with Gasteiger partial charge in [0.15, 0.2) is 6.19 Å². The van der Waals surface area contributed by atoms with E-state index in [-0.39, 0.29) is 23.7 Å². The molecule has 0 unspecified atom stereocenters. The highest BCUT2D eigenvalue weighted by Gasteiger charge is 2.30. The SMILES string of the molecule is C[C@H]1[C@@H](CNC(=O)c2ncn(-c3cccc(C#N)c3)n2)CCN1C#N. The third kappa shape index (κ3) is 3.43. The molecule has 1 fully saturated rings. The van der Waals surface area contributed by atoms with E-state index < -0.39 is 0 Å². The molecular formula is C17H17N7O. The highest BCUT2D eigenvalue weighted by atomic mass is 16.2. The summed E-state index contributed by atoms with van der Waals surface area (Å²) in [6.45, 7) is 3.19. The van der Waals surface area contributed by atoms with Gasteiger partial charge in [0.05, 0.1) is 17.3 Å². The number of nitrogens with one attached hydrogen (secondary N) is 1. The summed E-state index contributed by atoms with van der Waals surface area (Å²) in [6, 6.07) is 9.08. The van der Waals surface area contributed by atoms with Crippen LogP contribution < -0.4 is 5.32 Å². The Bertz CT molecular complexity index is 860. The number of rotatable bonds is 4. The van der Waals surface area contributed by atoms with Gasteiger partial charge in [-0.3, -0.25) is 4.79 Å². The number of aromatic nitrogens is 3. The molecule has 1 aliphatic rings. The average Bonchev–Trinajstić information content (AvgIpc) is 3.27. The number of amides is 1. The van der Waals surface area contributed by atoms with Crippen molar-refractivity contribution in [1.82, 2.24) is 25.0 Å². The second kappa shape index (κ2) is 7.02. The molecule has 1 aromatic carbocycles. The van der Waals surface area contributed by atoms with Gasteiger partial charge in [-0.2, -0.15) is 10.5 Å². The molecule has 25 heavy (non-hydrogen) atoms. The summed E-state index contributed by atoms with van der Waals surface area (Å²) in [4.78, 5) is 18.0. The molecule has 126 valence electrons. The third-order valence-electron chi connectivity index (χ3n) is 4.50. The van der Waals surface area contributed by atoms with Crippen LogP contribution in [0.3, 0.4) is 0 Å². The fourth-order valence-electron chi connectivity index (χ4n) is 2.93. The van der Waals surface area contributed by atoms with Crippen molar-refractivity contribution >= 4 is 5.91 Å². The fraction of sp³-hybridized carbons (Fsp3) is 0.353. The van der Waals surface area contributed by atoms with Crippen molar-refractivity contribution in [3.63, 3.8) is 0 Å². The predicted molar refractivity (Wildman–Crippen MR) is 88.3 cm³/mol. The van der Waals surface area contributed by atoms with Gasteiger partial charge in [-0.25, -0.2) is 9.67 Å². The molecular weight excluding hydrogens is 318 g/mol. The number of carbonyl (C=O) groups is 1. The second-order valence-corrected chi connectivity index (χ2v) is 5.97.